The molecule has 14 heavy (non-hydrogen) atoms. The number of aryl methyl sites for hydroxylation is 1. The van der Waals surface area contributed by atoms with E-state index in [2.05, 4.69) is 35.3 Å². The molecule has 3 nitrogen and oxygen atoms in total. The molecule has 1 N–H and O–H groups in total. The van der Waals surface area contributed by atoms with Crippen molar-refractivity contribution in [3.8, 4) is 0 Å². The van der Waals surface area contributed by atoms with Crippen molar-refractivity contribution in [2.24, 2.45) is 0 Å². The van der Waals surface area contributed by atoms with E-state index in [9.17, 15) is 0 Å². The van der Waals surface area contributed by atoms with Crippen LogP contribution in [0.3, 0.4) is 0 Å². The van der Waals surface area contributed by atoms with Crippen LogP contribution in [0, 0.1) is 0 Å². The summed E-state index contributed by atoms with van der Waals surface area (Å²) < 4.78 is 1.96. The summed E-state index contributed by atoms with van der Waals surface area (Å²) in [6.45, 7) is 3.05. The molecule has 1 saturated heterocycles. The van der Waals surface area contributed by atoms with Crippen LogP contribution < -0.4 is 5.32 Å². The van der Waals surface area contributed by atoms with Crippen LogP contribution in [0.25, 0.3) is 0 Å². The summed E-state index contributed by atoms with van der Waals surface area (Å²) in [6, 6.07) is 0.658. The molecule has 0 amide bonds. The fraction of sp³-hybridized carbons (Fsp3) is 0.700. The summed E-state index contributed by atoms with van der Waals surface area (Å²) in [5.41, 5.74) is 1.17. The molecule has 1 fully saturated rings. The van der Waals surface area contributed by atoms with Gasteiger partial charge >= 0.3 is 0 Å². The van der Waals surface area contributed by atoms with Gasteiger partial charge < -0.3 is 5.32 Å². The number of nitrogens with zero attached hydrogens (tertiary/aromatic N) is 2. The van der Waals surface area contributed by atoms with Crippen molar-refractivity contribution in [3.63, 3.8) is 0 Å². The highest BCUT2D eigenvalue weighted by Gasteiger charge is 2.13. The lowest BCUT2D eigenvalue weighted by Crippen LogP contribution is -2.24. The van der Waals surface area contributed by atoms with Crippen LogP contribution in [0.4, 0.5) is 5.69 Å². The molecule has 0 aromatic carbocycles. The second-order valence-electron chi connectivity index (χ2n) is 3.62. The maximum Gasteiger partial charge on any atom is 0.0728 e. The van der Waals surface area contributed by atoms with Crippen molar-refractivity contribution in [1.29, 1.82) is 0 Å². The maximum absolute atomic E-state index is 4.25. The summed E-state index contributed by atoms with van der Waals surface area (Å²) in [7, 11) is 0. The fourth-order valence-corrected chi connectivity index (χ4v) is 2.80. The number of nitrogens with one attached hydrogen (secondary N) is 1. The van der Waals surface area contributed by atoms with Gasteiger partial charge in [-0.15, -0.1) is 0 Å². The van der Waals surface area contributed by atoms with E-state index in [0.717, 1.165) is 6.54 Å². The van der Waals surface area contributed by atoms with Gasteiger partial charge in [0.2, 0.25) is 0 Å². The highest BCUT2D eigenvalue weighted by atomic mass is 32.2. The molecule has 4 heteroatoms. The Bertz CT molecular complexity index is 279. The van der Waals surface area contributed by atoms with Gasteiger partial charge in [0.25, 0.3) is 0 Å². The zero-order chi connectivity index (χ0) is 9.80. The van der Waals surface area contributed by atoms with Crippen LogP contribution in [-0.2, 0) is 6.54 Å². The largest absolute Gasteiger partial charge is 0.380 e. The van der Waals surface area contributed by atoms with Crippen molar-refractivity contribution in [1.82, 2.24) is 9.78 Å². The number of anilines is 1. The van der Waals surface area contributed by atoms with Gasteiger partial charge in [0, 0.05) is 18.8 Å². The third kappa shape index (κ3) is 2.44. The molecule has 1 aromatic rings. The van der Waals surface area contributed by atoms with Crippen LogP contribution in [0.5, 0.6) is 0 Å². The molecular weight excluding hydrogens is 194 g/mol. The summed E-state index contributed by atoms with van der Waals surface area (Å²) in [4.78, 5) is 0. The molecule has 78 valence electrons. The van der Waals surface area contributed by atoms with E-state index >= 15 is 0 Å². The summed E-state index contributed by atoms with van der Waals surface area (Å²) >= 11 is 2.06. The third-order valence-electron chi connectivity index (χ3n) is 2.55. The zero-order valence-corrected chi connectivity index (χ0v) is 9.39. The van der Waals surface area contributed by atoms with Crippen LogP contribution >= 0.6 is 11.8 Å². The first kappa shape index (κ1) is 9.90. The number of hydrogen-bond donors (Lipinski definition) is 1. The molecule has 0 spiro atoms. The summed E-state index contributed by atoms with van der Waals surface area (Å²) in [5, 5.41) is 7.79. The van der Waals surface area contributed by atoms with Gasteiger partial charge in [-0.05, 0) is 31.3 Å². The second kappa shape index (κ2) is 4.73. The molecule has 0 unspecified atom stereocenters. The smallest absolute Gasteiger partial charge is 0.0728 e. The predicted octanol–water partition coefficient (Wildman–Crippen LogP) is 2.21. The normalized spacial score (nSPS) is 18.4. The molecule has 1 aromatic heterocycles. The van der Waals surface area contributed by atoms with E-state index in [1.807, 2.05) is 10.9 Å². The Morgan fingerprint density at radius 3 is 3.00 bits per heavy atom. The van der Waals surface area contributed by atoms with Gasteiger partial charge in [-0.2, -0.15) is 16.9 Å². The molecule has 0 saturated carbocycles. The number of thioether (sulfide) groups is 1. The Labute approximate surface area is 89.3 Å². The van der Waals surface area contributed by atoms with E-state index < -0.39 is 0 Å². The first-order valence-electron chi connectivity index (χ1n) is 5.25. The molecule has 2 heterocycles. The minimum Gasteiger partial charge on any atom is -0.380 e. The van der Waals surface area contributed by atoms with Crippen molar-refractivity contribution >= 4 is 17.4 Å². The highest BCUT2D eigenvalue weighted by Crippen LogP contribution is 2.20. The molecular formula is C10H17N3S. The Hall–Kier alpha value is -0.640. The number of hydrogen-bond acceptors (Lipinski definition) is 3. The van der Waals surface area contributed by atoms with Gasteiger partial charge in [0.15, 0.2) is 0 Å². The minimum atomic E-state index is 0.658. The van der Waals surface area contributed by atoms with Crippen LogP contribution in [0.15, 0.2) is 12.4 Å². The van der Waals surface area contributed by atoms with Gasteiger partial charge in [0.1, 0.15) is 0 Å². The first-order valence-corrected chi connectivity index (χ1v) is 6.40. The summed E-state index contributed by atoms with van der Waals surface area (Å²) in [6.07, 6.45) is 6.57. The fourth-order valence-electron chi connectivity index (χ4n) is 1.69. The molecule has 0 radical (unpaired) electrons. The van der Waals surface area contributed by atoms with Crippen LogP contribution in [-0.4, -0.2) is 27.3 Å². The molecule has 0 aliphatic carbocycles. The maximum atomic E-state index is 4.25. The van der Waals surface area contributed by atoms with Crippen molar-refractivity contribution < 1.29 is 0 Å². The topological polar surface area (TPSA) is 29.9 Å². The Morgan fingerprint density at radius 1 is 1.57 bits per heavy atom. The Balaban J connectivity index is 1.89. The minimum absolute atomic E-state index is 0.658. The van der Waals surface area contributed by atoms with Gasteiger partial charge in [-0.1, -0.05) is 0 Å². The molecule has 2 rings (SSSR count). The lowest BCUT2D eigenvalue weighted by Gasteiger charge is -2.22. The van der Waals surface area contributed by atoms with E-state index in [1.54, 1.807) is 0 Å². The lowest BCUT2D eigenvalue weighted by atomic mass is 10.1. The van der Waals surface area contributed by atoms with E-state index in [0.29, 0.717) is 6.04 Å². The summed E-state index contributed by atoms with van der Waals surface area (Å²) in [5.74, 6) is 2.58. The Kier molecular flexibility index (Phi) is 3.35. The Morgan fingerprint density at radius 2 is 2.36 bits per heavy atom. The average Bonchev–Trinajstić information content (AvgIpc) is 2.67. The van der Waals surface area contributed by atoms with Gasteiger partial charge in [-0.25, -0.2) is 0 Å². The molecule has 0 bridgehead atoms. The zero-order valence-electron chi connectivity index (χ0n) is 8.57. The monoisotopic (exact) mass is 211 g/mol. The van der Waals surface area contributed by atoms with Crippen LogP contribution in [0.1, 0.15) is 19.8 Å². The number of rotatable bonds is 3. The number of aromatic nitrogens is 2. The van der Waals surface area contributed by atoms with E-state index in [4.69, 9.17) is 0 Å². The highest BCUT2D eigenvalue weighted by molar-refractivity contribution is 7.99. The lowest BCUT2D eigenvalue weighted by molar-refractivity contribution is 0.656. The predicted molar refractivity (Wildman–Crippen MR) is 61.9 cm³/mol. The average molecular weight is 211 g/mol. The second-order valence-corrected chi connectivity index (χ2v) is 4.84. The SMILES string of the molecule is CCn1cc(NC2CCSCC2)cn1. The van der Waals surface area contributed by atoms with Crippen molar-refractivity contribution in [2.75, 3.05) is 16.8 Å². The third-order valence-corrected chi connectivity index (χ3v) is 3.60. The quantitative estimate of drug-likeness (QED) is 0.831. The molecule has 1 aliphatic rings. The van der Waals surface area contributed by atoms with Gasteiger partial charge in [-0.3, -0.25) is 4.68 Å². The van der Waals surface area contributed by atoms with Crippen LogP contribution in [0.2, 0.25) is 0 Å². The molecule has 1 aliphatic heterocycles. The van der Waals surface area contributed by atoms with Gasteiger partial charge in [0.05, 0.1) is 11.9 Å². The van der Waals surface area contributed by atoms with Crippen molar-refractivity contribution in [3.05, 3.63) is 12.4 Å². The standard InChI is InChI=1S/C10H17N3S/c1-2-13-8-10(7-11-13)12-9-3-5-14-6-4-9/h7-9,12H,2-6H2,1H3. The first-order chi connectivity index (χ1) is 6.88. The molecule has 0 atom stereocenters. The van der Waals surface area contributed by atoms with E-state index in [-0.39, 0.29) is 0 Å². The van der Waals surface area contributed by atoms with E-state index in [1.165, 1.54) is 30.0 Å². The van der Waals surface area contributed by atoms with Crippen molar-refractivity contribution in [2.45, 2.75) is 32.4 Å².